The zero-order valence-electron chi connectivity index (χ0n) is 14.6. The maximum absolute atomic E-state index is 12.7. The normalized spacial score (nSPS) is 34.1. The van der Waals surface area contributed by atoms with E-state index in [1.165, 1.54) is 0 Å². The number of amides is 2. The number of carbonyl (C=O) groups is 1. The molecule has 0 aromatic carbocycles. The lowest BCUT2D eigenvalue weighted by Crippen LogP contribution is -2.43. The van der Waals surface area contributed by atoms with E-state index in [9.17, 15) is 4.79 Å². The van der Waals surface area contributed by atoms with Gasteiger partial charge in [0.25, 0.3) is 0 Å². The monoisotopic (exact) mass is 338 g/mol. The molecule has 4 aliphatic heterocycles. The van der Waals surface area contributed by atoms with E-state index in [1.807, 2.05) is 4.90 Å². The van der Waals surface area contributed by atoms with E-state index in [2.05, 4.69) is 4.90 Å². The van der Waals surface area contributed by atoms with Gasteiger partial charge in [0.1, 0.15) is 0 Å². The molecule has 0 unspecified atom stereocenters. The average molecular weight is 338 g/mol. The van der Waals surface area contributed by atoms with Gasteiger partial charge in [-0.1, -0.05) is 0 Å². The minimum atomic E-state index is 0.0144. The molecule has 6 heteroatoms. The van der Waals surface area contributed by atoms with Gasteiger partial charge in [-0.25, -0.2) is 4.79 Å². The molecule has 4 fully saturated rings. The maximum Gasteiger partial charge on any atom is 0.320 e. The number of fused-ring (bicyclic) bond motifs is 1. The van der Waals surface area contributed by atoms with Crippen molar-refractivity contribution in [2.45, 2.75) is 25.7 Å². The number of hydrogen-bond donors (Lipinski definition) is 0. The Morgan fingerprint density at radius 2 is 1.92 bits per heavy atom. The molecule has 4 aliphatic rings. The molecule has 0 saturated carbocycles. The third kappa shape index (κ3) is 3.28. The Kier molecular flexibility index (Phi) is 4.97. The van der Waals surface area contributed by atoms with Crippen molar-refractivity contribution in [3.8, 4) is 0 Å². The quantitative estimate of drug-likeness (QED) is 0.781. The highest BCUT2D eigenvalue weighted by molar-refractivity contribution is 5.75. The van der Waals surface area contributed by atoms with Crippen LogP contribution in [0.3, 0.4) is 0 Å². The second-order valence-corrected chi connectivity index (χ2v) is 8.00. The maximum atomic E-state index is 12.7. The fraction of sp³-hybridized carbons (Fsp3) is 0.944. The van der Waals surface area contributed by atoms with Gasteiger partial charge in [0.15, 0.2) is 0 Å². The summed E-state index contributed by atoms with van der Waals surface area (Å²) in [7, 11) is 0. The molecular formula is C18H30N2O4. The van der Waals surface area contributed by atoms with Gasteiger partial charge in [0.2, 0.25) is 0 Å². The van der Waals surface area contributed by atoms with E-state index >= 15 is 0 Å². The first-order valence-corrected chi connectivity index (χ1v) is 9.54. The summed E-state index contributed by atoms with van der Waals surface area (Å²) in [5.74, 6) is 1.05. The topological polar surface area (TPSA) is 51.2 Å². The molecule has 2 atom stereocenters. The summed E-state index contributed by atoms with van der Waals surface area (Å²) in [5.41, 5.74) is 0.0144. The minimum Gasteiger partial charge on any atom is -0.381 e. The van der Waals surface area contributed by atoms with Crippen LogP contribution in [0.5, 0.6) is 0 Å². The fourth-order valence-electron chi connectivity index (χ4n) is 4.63. The van der Waals surface area contributed by atoms with Gasteiger partial charge in [-0.3, -0.25) is 0 Å². The zero-order chi connectivity index (χ0) is 16.4. The van der Waals surface area contributed by atoms with Crippen molar-refractivity contribution in [2.24, 2.45) is 17.3 Å². The second kappa shape index (κ2) is 7.18. The van der Waals surface area contributed by atoms with Crippen LogP contribution in [0, 0.1) is 17.3 Å². The standard InChI is InChI=1S/C18H30N2O4/c21-17(19-5-1-2-6-19)20-9-16-11-24-14-18(16,12-20)13-23-10-15-3-7-22-8-4-15/h15-16H,1-14H2/t16-,18-/m1/s1. The van der Waals surface area contributed by atoms with Gasteiger partial charge >= 0.3 is 6.03 Å². The van der Waals surface area contributed by atoms with E-state index < -0.39 is 0 Å². The van der Waals surface area contributed by atoms with Crippen LogP contribution in [0.4, 0.5) is 4.79 Å². The second-order valence-electron chi connectivity index (χ2n) is 8.00. The number of rotatable bonds is 4. The molecule has 0 bridgehead atoms. The largest absolute Gasteiger partial charge is 0.381 e. The Bertz CT molecular complexity index is 448. The Balaban J connectivity index is 1.31. The Labute approximate surface area is 144 Å². The van der Waals surface area contributed by atoms with E-state index in [0.717, 1.165) is 91.5 Å². The molecule has 0 N–H and O–H groups in total. The third-order valence-electron chi connectivity index (χ3n) is 6.25. The molecule has 6 nitrogen and oxygen atoms in total. The van der Waals surface area contributed by atoms with Crippen LogP contribution in [0.2, 0.25) is 0 Å². The molecule has 2 amide bonds. The number of urea groups is 1. The van der Waals surface area contributed by atoms with E-state index in [-0.39, 0.29) is 11.4 Å². The van der Waals surface area contributed by atoms with Crippen molar-refractivity contribution in [3.05, 3.63) is 0 Å². The summed E-state index contributed by atoms with van der Waals surface area (Å²) in [5, 5.41) is 0. The first kappa shape index (κ1) is 16.6. The highest BCUT2D eigenvalue weighted by Gasteiger charge is 2.52. The molecule has 0 aromatic rings. The molecule has 0 aliphatic carbocycles. The highest BCUT2D eigenvalue weighted by Crippen LogP contribution is 2.42. The van der Waals surface area contributed by atoms with Crippen LogP contribution in [-0.4, -0.2) is 81.7 Å². The van der Waals surface area contributed by atoms with Crippen LogP contribution in [0.1, 0.15) is 25.7 Å². The smallest absolute Gasteiger partial charge is 0.320 e. The summed E-state index contributed by atoms with van der Waals surface area (Å²) in [6, 6.07) is 0.228. The van der Waals surface area contributed by atoms with Gasteiger partial charge < -0.3 is 24.0 Å². The van der Waals surface area contributed by atoms with Gasteiger partial charge in [-0.05, 0) is 31.6 Å². The number of nitrogens with zero attached hydrogens (tertiary/aromatic N) is 2. The summed E-state index contributed by atoms with van der Waals surface area (Å²) in [6.07, 6.45) is 4.50. The van der Waals surface area contributed by atoms with Crippen molar-refractivity contribution in [1.29, 1.82) is 0 Å². The first-order valence-electron chi connectivity index (χ1n) is 9.54. The fourth-order valence-corrected chi connectivity index (χ4v) is 4.63. The molecule has 24 heavy (non-hydrogen) atoms. The molecule has 0 radical (unpaired) electrons. The lowest BCUT2D eigenvalue weighted by molar-refractivity contribution is -0.0148. The zero-order valence-corrected chi connectivity index (χ0v) is 14.6. The summed E-state index contributed by atoms with van der Waals surface area (Å²) in [6.45, 7) is 8.23. The van der Waals surface area contributed by atoms with Crippen molar-refractivity contribution >= 4 is 6.03 Å². The Morgan fingerprint density at radius 3 is 2.71 bits per heavy atom. The minimum absolute atomic E-state index is 0.0144. The molecule has 4 saturated heterocycles. The lowest BCUT2D eigenvalue weighted by Gasteiger charge is -2.30. The van der Waals surface area contributed by atoms with Crippen LogP contribution in [0.25, 0.3) is 0 Å². The third-order valence-corrected chi connectivity index (χ3v) is 6.25. The lowest BCUT2D eigenvalue weighted by atomic mass is 9.82. The van der Waals surface area contributed by atoms with Crippen molar-refractivity contribution in [2.75, 3.05) is 65.8 Å². The number of hydrogen-bond acceptors (Lipinski definition) is 4. The molecular weight excluding hydrogens is 308 g/mol. The van der Waals surface area contributed by atoms with Crippen molar-refractivity contribution in [1.82, 2.24) is 9.80 Å². The predicted octanol–water partition coefficient (Wildman–Crippen LogP) is 1.59. The first-order chi connectivity index (χ1) is 11.8. The van der Waals surface area contributed by atoms with E-state index in [4.69, 9.17) is 14.2 Å². The van der Waals surface area contributed by atoms with Crippen LogP contribution in [0.15, 0.2) is 0 Å². The van der Waals surface area contributed by atoms with E-state index in [0.29, 0.717) is 11.8 Å². The summed E-state index contributed by atoms with van der Waals surface area (Å²) >= 11 is 0. The Morgan fingerprint density at radius 1 is 1.12 bits per heavy atom. The van der Waals surface area contributed by atoms with Gasteiger partial charge in [0, 0.05) is 57.3 Å². The average Bonchev–Trinajstić information content (AvgIpc) is 3.31. The van der Waals surface area contributed by atoms with E-state index in [1.54, 1.807) is 0 Å². The predicted molar refractivity (Wildman–Crippen MR) is 88.9 cm³/mol. The van der Waals surface area contributed by atoms with Gasteiger partial charge in [-0.2, -0.15) is 0 Å². The highest BCUT2D eigenvalue weighted by atomic mass is 16.5. The summed E-state index contributed by atoms with van der Waals surface area (Å²) < 4.78 is 17.3. The van der Waals surface area contributed by atoms with Gasteiger partial charge in [0.05, 0.1) is 19.8 Å². The molecule has 136 valence electrons. The van der Waals surface area contributed by atoms with Crippen LogP contribution in [-0.2, 0) is 14.2 Å². The Hall–Kier alpha value is -0.850. The molecule has 4 heterocycles. The summed E-state index contributed by atoms with van der Waals surface area (Å²) in [4.78, 5) is 16.8. The number of ether oxygens (including phenoxy) is 3. The molecule has 4 rings (SSSR count). The molecule has 0 spiro atoms. The SMILES string of the molecule is O=C(N1CCCC1)N1C[C@@H]2COC[C@]2(COCC2CCOCC2)C1. The van der Waals surface area contributed by atoms with Crippen LogP contribution >= 0.6 is 0 Å². The number of likely N-dealkylation sites (tertiary alicyclic amines) is 2. The van der Waals surface area contributed by atoms with Crippen LogP contribution < -0.4 is 0 Å². The number of carbonyl (C=O) groups excluding carboxylic acids is 1. The molecule has 0 aromatic heterocycles. The van der Waals surface area contributed by atoms with Crippen molar-refractivity contribution in [3.63, 3.8) is 0 Å². The van der Waals surface area contributed by atoms with Crippen molar-refractivity contribution < 1.29 is 19.0 Å². The van der Waals surface area contributed by atoms with Gasteiger partial charge in [-0.15, -0.1) is 0 Å².